The second-order valence-corrected chi connectivity index (χ2v) is 6.73. The molecule has 0 aliphatic heterocycles. The quantitative estimate of drug-likeness (QED) is 0.472. The maximum Gasteiger partial charge on any atom is 0.339 e. The highest BCUT2D eigenvalue weighted by atomic mass is 127. The zero-order chi connectivity index (χ0) is 16.3. The van der Waals surface area contributed by atoms with E-state index in [1.807, 2.05) is 22.6 Å². The van der Waals surface area contributed by atoms with Crippen molar-refractivity contribution < 1.29 is 24.5 Å². The van der Waals surface area contributed by atoms with Gasteiger partial charge in [-0.15, -0.1) is 0 Å². The van der Waals surface area contributed by atoms with E-state index in [1.165, 1.54) is 18.2 Å². The van der Waals surface area contributed by atoms with Crippen molar-refractivity contribution in [3.8, 4) is 5.75 Å². The molecule has 0 aliphatic carbocycles. The number of carboxylic acids is 1. The van der Waals surface area contributed by atoms with E-state index in [4.69, 9.17) is 9.84 Å². The number of aromatic hydroxyl groups is 1. The fourth-order valence-corrected chi connectivity index (χ4v) is 3.76. The first-order valence-electron chi connectivity index (χ1n) is 6.06. The molecule has 2 rings (SSSR count). The minimum absolute atomic E-state index is 0.0187. The van der Waals surface area contributed by atoms with Crippen LogP contribution in [0.2, 0.25) is 0 Å². The van der Waals surface area contributed by atoms with Crippen molar-refractivity contribution in [2.24, 2.45) is 0 Å². The Balaban J connectivity index is 2.19. The zero-order valence-corrected chi connectivity index (χ0v) is 15.4. The number of hydrogen-bond acceptors (Lipinski definition) is 4. The molecule has 0 unspecified atom stereocenters. The van der Waals surface area contributed by atoms with Crippen LogP contribution in [0.25, 0.3) is 0 Å². The van der Waals surface area contributed by atoms with Gasteiger partial charge >= 0.3 is 11.9 Å². The van der Waals surface area contributed by atoms with Gasteiger partial charge in [-0.2, -0.15) is 0 Å². The van der Waals surface area contributed by atoms with Crippen LogP contribution in [0.4, 0.5) is 0 Å². The van der Waals surface area contributed by atoms with Crippen molar-refractivity contribution >= 4 is 57.1 Å². The molecule has 0 atom stereocenters. The molecule has 0 spiro atoms. The van der Waals surface area contributed by atoms with Crippen LogP contribution in [0.15, 0.2) is 36.4 Å². The van der Waals surface area contributed by atoms with Gasteiger partial charge in [0.15, 0.2) is 0 Å². The summed E-state index contributed by atoms with van der Waals surface area (Å²) in [4.78, 5) is 23.1. The second kappa shape index (κ2) is 7.27. The Hall–Kier alpha value is -1.36. The van der Waals surface area contributed by atoms with Crippen molar-refractivity contribution in [2.45, 2.75) is 6.61 Å². The van der Waals surface area contributed by atoms with Crippen LogP contribution in [0.3, 0.4) is 0 Å². The number of aromatic carboxylic acids is 1. The highest BCUT2D eigenvalue weighted by Crippen LogP contribution is 2.27. The van der Waals surface area contributed by atoms with Crippen LogP contribution in [-0.2, 0) is 11.3 Å². The Morgan fingerprint density at radius 3 is 2.36 bits per heavy atom. The highest BCUT2D eigenvalue weighted by Gasteiger charge is 2.18. The van der Waals surface area contributed by atoms with Crippen molar-refractivity contribution in [2.75, 3.05) is 0 Å². The number of esters is 1. The van der Waals surface area contributed by atoms with Crippen LogP contribution in [0.5, 0.6) is 5.75 Å². The van der Waals surface area contributed by atoms with E-state index in [9.17, 15) is 14.7 Å². The molecule has 0 saturated heterocycles. The maximum absolute atomic E-state index is 12.1. The Morgan fingerprint density at radius 1 is 1.09 bits per heavy atom. The molecule has 2 N–H and O–H groups in total. The van der Waals surface area contributed by atoms with Gasteiger partial charge in [0, 0.05) is 9.13 Å². The Morgan fingerprint density at radius 2 is 1.73 bits per heavy atom. The van der Waals surface area contributed by atoms with E-state index in [0.29, 0.717) is 9.13 Å². The summed E-state index contributed by atoms with van der Waals surface area (Å²) in [6.07, 6.45) is 0. The topological polar surface area (TPSA) is 83.8 Å². The molecule has 0 radical (unpaired) electrons. The van der Waals surface area contributed by atoms with Crippen molar-refractivity contribution in [3.05, 3.63) is 60.2 Å². The molecule has 0 aromatic heterocycles. The van der Waals surface area contributed by atoms with E-state index in [2.05, 4.69) is 22.6 Å². The molecule has 0 bridgehead atoms. The second-order valence-electron chi connectivity index (χ2n) is 4.32. The summed E-state index contributed by atoms with van der Waals surface area (Å²) in [5.41, 5.74) is 0.334. The summed E-state index contributed by atoms with van der Waals surface area (Å²) in [5, 5.41) is 19.0. The molecular formula is C15H10I2O5. The first-order chi connectivity index (χ1) is 10.4. The van der Waals surface area contributed by atoms with Gasteiger partial charge in [0.1, 0.15) is 12.4 Å². The fraction of sp³-hybridized carbons (Fsp3) is 0.0667. The third-order valence-corrected chi connectivity index (χ3v) is 4.29. The third kappa shape index (κ3) is 3.88. The summed E-state index contributed by atoms with van der Waals surface area (Å²) >= 11 is 4.08. The van der Waals surface area contributed by atoms with Crippen LogP contribution in [0, 0.1) is 7.14 Å². The van der Waals surface area contributed by atoms with Crippen LogP contribution in [0.1, 0.15) is 26.3 Å². The number of ether oxygens (including phenoxy) is 1. The van der Waals surface area contributed by atoms with Gasteiger partial charge in [-0.1, -0.05) is 12.1 Å². The number of carbonyl (C=O) groups excluding carboxylic acids is 1. The molecule has 0 amide bonds. The molecule has 114 valence electrons. The molecule has 2 aromatic carbocycles. The zero-order valence-electron chi connectivity index (χ0n) is 11.0. The lowest BCUT2D eigenvalue weighted by atomic mass is 10.1. The van der Waals surface area contributed by atoms with Gasteiger partial charge in [-0.25, -0.2) is 9.59 Å². The first-order valence-corrected chi connectivity index (χ1v) is 8.22. The van der Waals surface area contributed by atoms with Gasteiger partial charge in [0.2, 0.25) is 0 Å². The lowest BCUT2D eigenvalue weighted by Gasteiger charge is -2.10. The Kier molecular flexibility index (Phi) is 5.62. The number of carboxylic acid groups (broad SMARTS) is 1. The van der Waals surface area contributed by atoms with E-state index in [1.54, 1.807) is 18.2 Å². The number of hydrogen-bond donors (Lipinski definition) is 2. The normalized spacial score (nSPS) is 10.3. The average molecular weight is 524 g/mol. The van der Waals surface area contributed by atoms with E-state index >= 15 is 0 Å². The van der Waals surface area contributed by atoms with Gasteiger partial charge in [0.05, 0.1) is 14.7 Å². The lowest BCUT2D eigenvalue weighted by molar-refractivity contribution is 0.0461. The lowest BCUT2D eigenvalue weighted by Crippen LogP contribution is -2.11. The van der Waals surface area contributed by atoms with Gasteiger partial charge < -0.3 is 14.9 Å². The Labute approximate surface area is 153 Å². The third-order valence-electron chi connectivity index (χ3n) is 2.84. The summed E-state index contributed by atoms with van der Waals surface area (Å²) in [6, 6.07) is 9.33. The van der Waals surface area contributed by atoms with Crippen LogP contribution >= 0.6 is 45.2 Å². The predicted molar refractivity (Wildman–Crippen MR) is 96.1 cm³/mol. The van der Waals surface area contributed by atoms with E-state index in [0.717, 1.165) is 3.57 Å². The maximum atomic E-state index is 12.1. The first kappa shape index (κ1) is 17.0. The predicted octanol–water partition coefficient (Wildman–Crippen LogP) is 3.66. The number of rotatable bonds is 4. The van der Waals surface area contributed by atoms with Crippen molar-refractivity contribution in [1.29, 1.82) is 0 Å². The molecule has 0 aliphatic rings. The van der Waals surface area contributed by atoms with Gasteiger partial charge in [0.25, 0.3) is 0 Å². The molecule has 2 aromatic rings. The standard InChI is InChI=1S/C15H10I2O5/c16-9-5-8(13(18)12(17)6-9)7-22-15(21)11-4-2-1-3-10(11)14(19)20/h1-6,18H,7H2,(H,19,20). The monoisotopic (exact) mass is 524 g/mol. The molecular weight excluding hydrogens is 514 g/mol. The molecule has 0 saturated carbocycles. The number of halogens is 2. The molecule has 0 fully saturated rings. The van der Waals surface area contributed by atoms with Gasteiger partial charge in [-0.3, -0.25) is 0 Å². The SMILES string of the molecule is O=C(O)c1ccccc1C(=O)OCc1cc(I)cc(I)c1O. The smallest absolute Gasteiger partial charge is 0.339 e. The highest BCUT2D eigenvalue weighted by molar-refractivity contribution is 14.1. The summed E-state index contributed by atoms with van der Waals surface area (Å²) in [6.45, 7) is -0.133. The van der Waals surface area contributed by atoms with E-state index in [-0.39, 0.29) is 23.5 Å². The van der Waals surface area contributed by atoms with Crippen LogP contribution < -0.4 is 0 Å². The number of carbonyl (C=O) groups is 2. The summed E-state index contributed by atoms with van der Waals surface area (Å²) in [5.74, 6) is -1.88. The van der Waals surface area contributed by atoms with Gasteiger partial charge in [-0.05, 0) is 69.4 Å². The number of phenols is 1. The average Bonchev–Trinajstić information content (AvgIpc) is 2.49. The van der Waals surface area contributed by atoms with Crippen molar-refractivity contribution in [3.63, 3.8) is 0 Å². The Bertz CT molecular complexity index is 743. The fourth-order valence-electron chi connectivity index (χ4n) is 1.80. The molecule has 22 heavy (non-hydrogen) atoms. The summed E-state index contributed by atoms with van der Waals surface area (Å²) < 4.78 is 6.68. The number of benzene rings is 2. The largest absolute Gasteiger partial charge is 0.506 e. The van der Waals surface area contributed by atoms with Crippen LogP contribution in [-0.4, -0.2) is 22.2 Å². The molecule has 7 heteroatoms. The van der Waals surface area contributed by atoms with E-state index < -0.39 is 11.9 Å². The molecule has 0 heterocycles. The molecule has 5 nitrogen and oxygen atoms in total. The summed E-state index contributed by atoms with van der Waals surface area (Å²) in [7, 11) is 0. The van der Waals surface area contributed by atoms with Crippen molar-refractivity contribution in [1.82, 2.24) is 0 Å². The minimum Gasteiger partial charge on any atom is -0.506 e. The minimum atomic E-state index is -1.20. The number of phenolic OH excluding ortho intramolecular Hbond substituents is 1.